The van der Waals surface area contributed by atoms with Gasteiger partial charge in [-0.05, 0) is 37.3 Å². The minimum absolute atomic E-state index is 0.0850. The highest BCUT2D eigenvalue weighted by atomic mass is 32.2. The lowest BCUT2D eigenvalue weighted by molar-refractivity contribution is -0.113. The van der Waals surface area contributed by atoms with Crippen LogP contribution in [0.3, 0.4) is 0 Å². The number of ether oxygens (including phenoxy) is 1. The first-order chi connectivity index (χ1) is 15.4. The van der Waals surface area contributed by atoms with Gasteiger partial charge in [-0.15, -0.1) is 10.2 Å². The average Bonchev–Trinajstić information content (AvgIpc) is 3.19. The van der Waals surface area contributed by atoms with E-state index in [1.807, 2.05) is 29.7 Å². The predicted molar refractivity (Wildman–Crippen MR) is 126 cm³/mol. The zero-order chi connectivity index (χ0) is 23.1. The molecule has 2 amide bonds. The number of aromatic nitrogens is 3. The van der Waals surface area contributed by atoms with Crippen molar-refractivity contribution in [1.82, 2.24) is 19.7 Å². The van der Waals surface area contributed by atoms with E-state index in [2.05, 4.69) is 21.6 Å². The fourth-order valence-electron chi connectivity index (χ4n) is 3.06. The molecule has 1 aromatic heterocycles. The fraction of sp³-hybridized carbons (Fsp3) is 0.304. The van der Waals surface area contributed by atoms with Crippen LogP contribution in [0.15, 0.2) is 53.7 Å². The second kappa shape index (κ2) is 10.9. The molecule has 0 atom stereocenters. The minimum Gasteiger partial charge on any atom is -0.383 e. The molecule has 9 heteroatoms. The van der Waals surface area contributed by atoms with Gasteiger partial charge < -0.3 is 15.0 Å². The molecular formula is C23H27N5O3S. The van der Waals surface area contributed by atoms with Crippen LogP contribution in [0.4, 0.5) is 5.69 Å². The van der Waals surface area contributed by atoms with E-state index in [9.17, 15) is 9.59 Å². The minimum atomic E-state index is -0.167. The molecule has 0 saturated carbocycles. The summed E-state index contributed by atoms with van der Waals surface area (Å²) >= 11 is 1.32. The molecular weight excluding hydrogens is 426 g/mol. The second-order valence-electron chi connectivity index (χ2n) is 7.43. The Hall–Kier alpha value is -3.17. The Morgan fingerprint density at radius 1 is 1.12 bits per heavy atom. The molecule has 0 spiro atoms. The summed E-state index contributed by atoms with van der Waals surface area (Å²) in [6, 6.07) is 14.9. The Labute approximate surface area is 192 Å². The zero-order valence-electron chi connectivity index (χ0n) is 18.7. The lowest BCUT2D eigenvalue weighted by Gasteiger charge is -2.11. The topological polar surface area (TPSA) is 89.4 Å². The number of aryl methyl sites for hydroxylation is 1. The molecule has 2 aromatic carbocycles. The molecule has 32 heavy (non-hydrogen) atoms. The Balaban J connectivity index is 1.67. The average molecular weight is 454 g/mol. The summed E-state index contributed by atoms with van der Waals surface area (Å²) in [5.74, 6) is 0.672. The van der Waals surface area contributed by atoms with Gasteiger partial charge in [-0.2, -0.15) is 0 Å². The summed E-state index contributed by atoms with van der Waals surface area (Å²) in [6.07, 6.45) is 0. The summed E-state index contributed by atoms with van der Waals surface area (Å²) in [5, 5.41) is 12.2. The van der Waals surface area contributed by atoms with Gasteiger partial charge >= 0.3 is 0 Å². The highest BCUT2D eigenvalue weighted by molar-refractivity contribution is 7.99. The summed E-state index contributed by atoms with van der Waals surface area (Å²) < 4.78 is 7.21. The van der Waals surface area contributed by atoms with Crippen LogP contribution in [0, 0.1) is 6.92 Å². The van der Waals surface area contributed by atoms with Gasteiger partial charge in [0, 0.05) is 38.0 Å². The van der Waals surface area contributed by atoms with Crippen LogP contribution in [0.25, 0.3) is 11.4 Å². The number of hydrogen-bond acceptors (Lipinski definition) is 6. The predicted octanol–water partition coefficient (Wildman–Crippen LogP) is 3.33. The molecule has 1 heterocycles. The SMILES string of the molecule is COCCn1c(SCC(=O)Nc2ccc(C(=O)N(C)C)cc2)nnc1-c1cccc(C)c1. The van der Waals surface area contributed by atoms with Gasteiger partial charge in [0.1, 0.15) is 0 Å². The number of anilines is 1. The smallest absolute Gasteiger partial charge is 0.253 e. The first kappa shape index (κ1) is 23.5. The maximum absolute atomic E-state index is 12.5. The third-order valence-electron chi connectivity index (χ3n) is 4.67. The number of thioether (sulfide) groups is 1. The van der Waals surface area contributed by atoms with Crippen LogP contribution in [0.2, 0.25) is 0 Å². The van der Waals surface area contributed by atoms with Crippen LogP contribution in [0.5, 0.6) is 0 Å². The molecule has 3 rings (SSSR count). The number of amides is 2. The first-order valence-electron chi connectivity index (χ1n) is 10.1. The van der Waals surface area contributed by atoms with E-state index < -0.39 is 0 Å². The third kappa shape index (κ3) is 5.95. The van der Waals surface area contributed by atoms with Gasteiger partial charge in [-0.3, -0.25) is 14.2 Å². The summed E-state index contributed by atoms with van der Waals surface area (Å²) in [7, 11) is 5.05. The lowest BCUT2D eigenvalue weighted by Crippen LogP contribution is -2.21. The molecule has 0 aliphatic rings. The number of hydrogen-bond donors (Lipinski definition) is 1. The van der Waals surface area contributed by atoms with Crippen molar-refractivity contribution in [2.45, 2.75) is 18.6 Å². The molecule has 0 radical (unpaired) electrons. The monoisotopic (exact) mass is 453 g/mol. The number of rotatable bonds is 9. The van der Waals surface area contributed by atoms with E-state index in [-0.39, 0.29) is 17.6 Å². The normalized spacial score (nSPS) is 10.8. The van der Waals surface area contributed by atoms with Crippen molar-refractivity contribution in [3.8, 4) is 11.4 Å². The van der Waals surface area contributed by atoms with E-state index in [1.54, 1.807) is 45.5 Å². The molecule has 0 fully saturated rings. The van der Waals surface area contributed by atoms with Crippen LogP contribution >= 0.6 is 11.8 Å². The summed E-state index contributed by atoms with van der Waals surface area (Å²) in [6.45, 7) is 3.12. The first-order valence-corrected chi connectivity index (χ1v) is 11.1. The van der Waals surface area contributed by atoms with Crippen LogP contribution in [-0.2, 0) is 16.1 Å². The van der Waals surface area contributed by atoms with E-state index >= 15 is 0 Å². The molecule has 0 aliphatic heterocycles. The number of nitrogens with zero attached hydrogens (tertiary/aromatic N) is 4. The summed E-state index contributed by atoms with van der Waals surface area (Å²) in [5.41, 5.74) is 3.30. The third-order valence-corrected chi connectivity index (χ3v) is 5.63. The van der Waals surface area contributed by atoms with Gasteiger partial charge in [-0.25, -0.2) is 0 Å². The fourth-order valence-corrected chi connectivity index (χ4v) is 3.82. The Morgan fingerprint density at radius 3 is 2.53 bits per heavy atom. The van der Waals surface area contributed by atoms with Gasteiger partial charge in [0.05, 0.1) is 18.9 Å². The van der Waals surface area contributed by atoms with Gasteiger partial charge in [0.25, 0.3) is 5.91 Å². The zero-order valence-corrected chi connectivity index (χ0v) is 19.5. The van der Waals surface area contributed by atoms with E-state index in [0.717, 1.165) is 17.0 Å². The number of benzene rings is 2. The summed E-state index contributed by atoms with van der Waals surface area (Å²) in [4.78, 5) is 26.0. The van der Waals surface area contributed by atoms with E-state index in [1.165, 1.54) is 16.7 Å². The number of carbonyl (C=O) groups is 2. The van der Waals surface area contributed by atoms with Crippen molar-refractivity contribution >= 4 is 29.3 Å². The number of methoxy groups -OCH3 is 1. The van der Waals surface area contributed by atoms with Gasteiger partial charge in [-0.1, -0.05) is 35.5 Å². The van der Waals surface area contributed by atoms with E-state index in [0.29, 0.717) is 29.6 Å². The molecule has 0 aliphatic carbocycles. The van der Waals surface area contributed by atoms with Crippen LogP contribution < -0.4 is 5.32 Å². The van der Waals surface area contributed by atoms with Crippen molar-refractivity contribution < 1.29 is 14.3 Å². The molecule has 0 bridgehead atoms. The standard InChI is InChI=1S/C23H27N5O3S/c1-16-6-5-7-18(14-16)21-25-26-23(28(21)12-13-31-4)32-15-20(29)24-19-10-8-17(9-11-19)22(30)27(2)3/h5-11,14H,12-13,15H2,1-4H3,(H,24,29). The van der Waals surface area contributed by atoms with Gasteiger partial charge in [0.2, 0.25) is 5.91 Å². The molecule has 168 valence electrons. The largest absolute Gasteiger partial charge is 0.383 e. The Kier molecular flexibility index (Phi) is 8.02. The maximum Gasteiger partial charge on any atom is 0.253 e. The van der Waals surface area contributed by atoms with Crippen molar-refractivity contribution in [2.75, 3.05) is 38.9 Å². The Bertz CT molecular complexity index is 1080. The maximum atomic E-state index is 12.5. The second-order valence-corrected chi connectivity index (χ2v) is 8.38. The molecule has 3 aromatic rings. The van der Waals surface area contributed by atoms with Crippen molar-refractivity contribution in [2.24, 2.45) is 0 Å². The highest BCUT2D eigenvalue weighted by Crippen LogP contribution is 2.25. The van der Waals surface area contributed by atoms with Crippen molar-refractivity contribution in [3.05, 3.63) is 59.7 Å². The van der Waals surface area contributed by atoms with Gasteiger partial charge in [0.15, 0.2) is 11.0 Å². The lowest BCUT2D eigenvalue weighted by atomic mass is 10.1. The highest BCUT2D eigenvalue weighted by Gasteiger charge is 2.16. The molecule has 8 nitrogen and oxygen atoms in total. The number of carbonyl (C=O) groups excluding carboxylic acids is 2. The van der Waals surface area contributed by atoms with Crippen LogP contribution in [-0.4, -0.2) is 65.0 Å². The number of nitrogens with one attached hydrogen (secondary N) is 1. The van der Waals surface area contributed by atoms with Crippen molar-refractivity contribution in [1.29, 1.82) is 0 Å². The van der Waals surface area contributed by atoms with Crippen molar-refractivity contribution in [3.63, 3.8) is 0 Å². The Morgan fingerprint density at radius 2 is 1.88 bits per heavy atom. The molecule has 1 N–H and O–H groups in total. The van der Waals surface area contributed by atoms with E-state index in [4.69, 9.17) is 4.74 Å². The quantitative estimate of drug-likeness (QED) is 0.500. The molecule has 0 saturated heterocycles. The molecule has 0 unspecified atom stereocenters. The van der Waals surface area contributed by atoms with Crippen LogP contribution in [0.1, 0.15) is 15.9 Å².